The van der Waals surface area contributed by atoms with Gasteiger partial charge in [0.15, 0.2) is 5.11 Å². The maximum Gasteiger partial charge on any atom is 0.173 e. The number of nitrogens with one attached hydrogen (secondary N) is 2. The predicted molar refractivity (Wildman–Crippen MR) is 109 cm³/mol. The average molecular weight is 366 g/mol. The van der Waals surface area contributed by atoms with E-state index in [1.165, 1.54) is 0 Å². The Bertz CT molecular complexity index is 882. The number of rotatable bonds is 3. The minimum absolute atomic E-state index is 0.457. The van der Waals surface area contributed by atoms with E-state index < -0.39 is 0 Å². The highest BCUT2D eigenvalue weighted by Gasteiger charge is 2.24. The molecule has 1 saturated heterocycles. The van der Waals surface area contributed by atoms with Crippen LogP contribution in [-0.4, -0.2) is 40.2 Å². The molecule has 134 valence electrons. The maximum absolute atomic E-state index is 5.59. The first kappa shape index (κ1) is 16.8. The maximum atomic E-state index is 5.59. The number of benzene rings is 2. The molecule has 26 heavy (non-hydrogen) atoms. The molecule has 1 aliphatic heterocycles. The normalized spacial score (nSPS) is 15.2. The molecule has 5 nitrogen and oxygen atoms in total. The zero-order chi connectivity index (χ0) is 17.9. The summed E-state index contributed by atoms with van der Waals surface area (Å²) in [5, 5.41) is 4.08. The van der Waals surface area contributed by atoms with Crippen LogP contribution in [0.3, 0.4) is 0 Å². The number of aromatic amines is 1. The van der Waals surface area contributed by atoms with Gasteiger partial charge in [0.05, 0.1) is 18.1 Å². The summed E-state index contributed by atoms with van der Waals surface area (Å²) in [6, 6.07) is 16.0. The molecule has 1 aliphatic rings. The Morgan fingerprint density at radius 3 is 2.77 bits per heavy atom. The van der Waals surface area contributed by atoms with E-state index in [2.05, 4.69) is 27.3 Å². The SMILES string of the molecule is COc1cccc(NC(=S)N2CCC(c3nc4ccccc4[nH]3)CC2)c1. The number of imidazole rings is 1. The minimum atomic E-state index is 0.457. The molecule has 2 aromatic carbocycles. The second-order valence-corrected chi connectivity index (χ2v) is 6.95. The van der Waals surface area contributed by atoms with Gasteiger partial charge < -0.3 is 19.9 Å². The highest BCUT2D eigenvalue weighted by molar-refractivity contribution is 7.80. The zero-order valence-corrected chi connectivity index (χ0v) is 15.6. The topological polar surface area (TPSA) is 53.2 Å². The lowest BCUT2D eigenvalue weighted by Gasteiger charge is -2.33. The van der Waals surface area contributed by atoms with E-state index in [1.807, 2.05) is 36.4 Å². The fourth-order valence-electron chi connectivity index (χ4n) is 3.43. The van der Waals surface area contributed by atoms with Gasteiger partial charge in [-0.2, -0.15) is 0 Å². The van der Waals surface area contributed by atoms with E-state index in [0.29, 0.717) is 5.92 Å². The molecule has 0 atom stereocenters. The number of piperidine rings is 1. The molecule has 3 aromatic rings. The van der Waals surface area contributed by atoms with Gasteiger partial charge in [0.1, 0.15) is 11.6 Å². The Labute approximate surface area is 158 Å². The zero-order valence-electron chi connectivity index (χ0n) is 14.7. The van der Waals surface area contributed by atoms with Crippen LogP contribution in [0.25, 0.3) is 11.0 Å². The number of ether oxygens (including phenoxy) is 1. The van der Waals surface area contributed by atoms with Crippen LogP contribution in [0.2, 0.25) is 0 Å². The molecule has 2 N–H and O–H groups in total. The number of fused-ring (bicyclic) bond motifs is 1. The number of aromatic nitrogens is 2. The van der Waals surface area contributed by atoms with Crippen molar-refractivity contribution in [1.82, 2.24) is 14.9 Å². The Balaban J connectivity index is 1.37. The molecule has 0 unspecified atom stereocenters. The number of hydrogen-bond donors (Lipinski definition) is 2. The Kier molecular flexibility index (Phi) is 4.75. The van der Waals surface area contributed by atoms with Crippen LogP contribution in [0.1, 0.15) is 24.6 Å². The summed E-state index contributed by atoms with van der Waals surface area (Å²) < 4.78 is 5.26. The van der Waals surface area contributed by atoms with Gasteiger partial charge in [-0.05, 0) is 49.3 Å². The molecule has 4 rings (SSSR count). The number of H-pyrrole nitrogens is 1. The molecule has 0 radical (unpaired) electrons. The fourth-order valence-corrected chi connectivity index (χ4v) is 3.73. The summed E-state index contributed by atoms with van der Waals surface area (Å²) in [6.07, 6.45) is 2.08. The van der Waals surface area contributed by atoms with Gasteiger partial charge in [-0.1, -0.05) is 18.2 Å². The van der Waals surface area contributed by atoms with Crippen molar-refractivity contribution in [1.29, 1.82) is 0 Å². The molecule has 0 spiro atoms. The molecule has 0 bridgehead atoms. The third-order valence-electron chi connectivity index (χ3n) is 4.90. The Morgan fingerprint density at radius 1 is 1.19 bits per heavy atom. The fraction of sp³-hybridized carbons (Fsp3) is 0.300. The van der Waals surface area contributed by atoms with E-state index in [9.17, 15) is 0 Å². The Morgan fingerprint density at radius 2 is 2.00 bits per heavy atom. The molecule has 0 amide bonds. The van der Waals surface area contributed by atoms with E-state index >= 15 is 0 Å². The van der Waals surface area contributed by atoms with Crippen molar-refractivity contribution in [2.24, 2.45) is 0 Å². The van der Waals surface area contributed by atoms with Gasteiger partial charge in [0.2, 0.25) is 0 Å². The van der Waals surface area contributed by atoms with Crippen molar-refractivity contribution in [3.05, 3.63) is 54.4 Å². The van der Waals surface area contributed by atoms with Gasteiger partial charge in [-0.25, -0.2) is 4.98 Å². The molecule has 6 heteroatoms. The summed E-state index contributed by atoms with van der Waals surface area (Å²) in [6.45, 7) is 1.86. The van der Waals surface area contributed by atoms with Gasteiger partial charge >= 0.3 is 0 Å². The molecular formula is C20H22N4OS. The number of anilines is 1. The third kappa shape index (κ3) is 3.51. The molecule has 0 aliphatic carbocycles. The lowest BCUT2D eigenvalue weighted by atomic mass is 9.96. The van der Waals surface area contributed by atoms with Crippen LogP contribution in [0.5, 0.6) is 5.75 Å². The van der Waals surface area contributed by atoms with Crippen molar-refractivity contribution in [3.8, 4) is 5.75 Å². The lowest BCUT2D eigenvalue weighted by Crippen LogP contribution is -2.40. The van der Waals surface area contributed by atoms with Crippen molar-refractivity contribution >= 4 is 34.1 Å². The second kappa shape index (κ2) is 7.33. The standard InChI is InChI=1S/C20H22N4OS/c1-25-16-6-4-5-15(13-16)21-20(26)24-11-9-14(10-12-24)19-22-17-7-2-3-8-18(17)23-19/h2-8,13-14H,9-12H2,1H3,(H,21,26)(H,22,23). The van der Waals surface area contributed by atoms with Crippen LogP contribution < -0.4 is 10.1 Å². The first-order chi connectivity index (χ1) is 12.7. The minimum Gasteiger partial charge on any atom is -0.497 e. The van der Waals surface area contributed by atoms with E-state index in [4.69, 9.17) is 21.9 Å². The van der Waals surface area contributed by atoms with Crippen LogP contribution in [-0.2, 0) is 0 Å². The summed E-state index contributed by atoms with van der Waals surface area (Å²) in [5.41, 5.74) is 3.11. The number of hydrogen-bond acceptors (Lipinski definition) is 3. The highest BCUT2D eigenvalue weighted by Crippen LogP contribution is 2.28. The number of methoxy groups -OCH3 is 1. The molecule has 1 fully saturated rings. The van der Waals surface area contributed by atoms with Crippen molar-refractivity contribution in [2.45, 2.75) is 18.8 Å². The molecular weight excluding hydrogens is 344 g/mol. The van der Waals surface area contributed by atoms with Crippen LogP contribution >= 0.6 is 12.2 Å². The number of thiocarbonyl (C=S) groups is 1. The number of nitrogens with zero attached hydrogens (tertiary/aromatic N) is 2. The second-order valence-electron chi connectivity index (χ2n) is 6.56. The quantitative estimate of drug-likeness (QED) is 0.682. The van der Waals surface area contributed by atoms with Crippen LogP contribution in [0, 0.1) is 0 Å². The van der Waals surface area contributed by atoms with Crippen molar-refractivity contribution in [2.75, 3.05) is 25.5 Å². The first-order valence-electron chi connectivity index (χ1n) is 8.87. The van der Waals surface area contributed by atoms with Crippen LogP contribution in [0.15, 0.2) is 48.5 Å². The summed E-state index contributed by atoms with van der Waals surface area (Å²) >= 11 is 5.59. The third-order valence-corrected chi connectivity index (χ3v) is 5.26. The van der Waals surface area contributed by atoms with Gasteiger partial charge in [-0.3, -0.25) is 0 Å². The molecule has 1 aromatic heterocycles. The summed E-state index contributed by atoms with van der Waals surface area (Å²) in [4.78, 5) is 10.5. The Hall–Kier alpha value is -2.60. The van der Waals surface area contributed by atoms with Crippen molar-refractivity contribution < 1.29 is 4.74 Å². The average Bonchev–Trinajstić information content (AvgIpc) is 3.12. The van der Waals surface area contributed by atoms with Crippen LogP contribution in [0.4, 0.5) is 5.69 Å². The largest absolute Gasteiger partial charge is 0.497 e. The van der Waals surface area contributed by atoms with E-state index in [1.54, 1.807) is 7.11 Å². The number of likely N-dealkylation sites (tertiary alicyclic amines) is 1. The van der Waals surface area contributed by atoms with Gasteiger partial charge in [0.25, 0.3) is 0 Å². The highest BCUT2D eigenvalue weighted by atomic mass is 32.1. The lowest BCUT2D eigenvalue weighted by molar-refractivity contribution is 0.311. The van der Waals surface area contributed by atoms with Gasteiger partial charge in [0, 0.05) is 30.8 Å². The van der Waals surface area contributed by atoms with E-state index in [-0.39, 0.29) is 0 Å². The monoisotopic (exact) mass is 366 g/mol. The molecule has 2 heterocycles. The summed E-state index contributed by atoms with van der Waals surface area (Å²) in [5.74, 6) is 2.37. The predicted octanol–water partition coefficient (Wildman–Crippen LogP) is 4.15. The molecule has 0 saturated carbocycles. The first-order valence-corrected chi connectivity index (χ1v) is 9.28. The van der Waals surface area contributed by atoms with Crippen molar-refractivity contribution in [3.63, 3.8) is 0 Å². The summed E-state index contributed by atoms with van der Waals surface area (Å²) in [7, 11) is 1.67. The number of para-hydroxylation sites is 2. The van der Waals surface area contributed by atoms with E-state index in [0.717, 1.165) is 59.3 Å². The van der Waals surface area contributed by atoms with Gasteiger partial charge in [-0.15, -0.1) is 0 Å². The smallest absolute Gasteiger partial charge is 0.173 e.